The molecule has 2 nitrogen and oxygen atoms in total. The first-order valence-corrected chi connectivity index (χ1v) is 5.95. The molecule has 0 saturated carbocycles. The average Bonchev–Trinajstić information content (AvgIpc) is 2.08. The highest BCUT2D eigenvalue weighted by Crippen LogP contribution is 2.22. The van der Waals surface area contributed by atoms with E-state index in [2.05, 4.69) is 42.5 Å². The van der Waals surface area contributed by atoms with Crippen LogP contribution in [0.5, 0.6) is 0 Å². The maximum absolute atomic E-state index is 5.60. The lowest BCUT2D eigenvalue weighted by molar-refractivity contribution is -0.148. The molecule has 0 radical (unpaired) electrons. The van der Waals surface area contributed by atoms with Crippen LogP contribution in [0.4, 0.5) is 0 Å². The molecule has 0 aromatic heterocycles. The van der Waals surface area contributed by atoms with E-state index in [4.69, 9.17) is 9.47 Å². The summed E-state index contributed by atoms with van der Waals surface area (Å²) in [7, 11) is 0. The largest absolute Gasteiger partial charge is 0.352 e. The Kier molecular flexibility index (Phi) is 5.28. The molecule has 0 N–H and O–H groups in total. The smallest absolute Gasteiger partial charge is 0.169 e. The summed E-state index contributed by atoms with van der Waals surface area (Å²) in [5.41, 5.74) is 1.29. The van der Waals surface area contributed by atoms with Crippen molar-refractivity contribution in [1.29, 1.82) is 0 Å². The van der Waals surface area contributed by atoms with Crippen molar-refractivity contribution in [3.8, 4) is 0 Å². The highest BCUT2D eigenvalue weighted by Gasteiger charge is 2.23. The zero-order valence-corrected chi connectivity index (χ0v) is 10.4. The van der Waals surface area contributed by atoms with Crippen molar-refractivity contribution in [2.75, 3.05) is 13.2 Å². The molecular weight excluding hydrogens is 279 g/mol. The minimum Gasteiger partial charge on any atom is -0.352 e. The lowest BCUT2D eigenvalue weighted by Gasteiger charge is -2.27. The fraction of sp³-hybridized carbons (Fsp3) is 0.800. The number of halogens is 1. The number of ether oxygens (including phenoxy) is 2. The van der Waals surface area contributed by atoms with Crippen molar-refractivity contribution in [2.24, 2.45) is 0 Å². The molecule has 0 aliphatic carbocycles. The van der Waals surface area contributed by atoms with Crippen molar-refractivity contribution >= 4 is 22.6 Å². The van der Waals surface area contributed by atoms with Crippen LogP contribution in [0.2, 0.25) is 0 Å². The van der Waals surface area contributed by atoms with Gasteiger partial charge in [-0.15, -0.1) is 0 Å². The van der Waals surface area contributed by atoms with Crippen LogP contribution >= 0.6 is 22.6 Å². The van der Waals surface area contributed by atoms with Crippen LogP contribution in [0.15, 0.2) is 11.6 Å². The van der Waals surface area contributed by atoms with Crippen LogP contribution in [-0.2, 0) is 9.47 Å². The normalized spacial score (nSPS) is 28.5. The van der Waals surface area contributed by atoms with Gasteiger partial charge in [-0.25, -0.2) is 0 Å². The lowest BCUT2D eigenvalue weighted by Crippen LogP contribution is -2.32. The zero-order chi connectivity index (χ0) is 9.68. The second-order valence-corrected chi connectivity index (χ2v) is 5.11. The van der Waals surface area contributed by atoms with Gasteiger partial charge >= 0.3 is 0 Å². The van der Waals surface area contributed by atoms with Crippen LogP contribution in [0.1, 0.15) is 26.7 Å². The Morgan fingerprint density at radius 3 is 3.00 bits per heavy atom. The van der Waals surface area contributed by atoms with Crippen molar-refractivity contribution in [3.05, 3.63) is 11.6 Å². The number of hydrogen-bond acceptors (Lipinski definition) is 2. The molecule has 0 bridgehead atoms. The third-order valence-electron chi connectivity index (χ3n) is 1.95. The zero-order valence-electron chi connectivity index (χ0n) is 8.25. The molecule has 1 heterocycles. The molecule has 1 saturated heterocycles. The van der Waals surface area contributed by atoms with Gasteiger partial charge in [-0.1, -0.05) is 34.2 Å². The summed E-state index contributed by atoms with van der Waals surface area (Å²) in [5.74, 6) is 0. The monoisotopic (exact) mass is 296 g/mol. The van der Waals surface area contributed by atoms with E-state index < -0.39 is 0 Å². The van der Waals surface area contributed by atoms with Crippen LogP contribution in [0.3, 0.4) is 0 Å². The Labute approximate surface area is 93.8 Å². The predicted molar refractivity (Wildman–Crippen MR) is 62.2 cm³/mol. The number of allylic oxidation sites excluding steroid dienone is 1. The summed E-state index contributed by atoms with van der Waals surface area (Å²) < 4.78 is 11.6. The van der Waals surface area contributed by atoms with E-state index in [9.17, 15) is 0 Å². The van der Waals surface area contributed by atoms with Gasteiger partial charge in [-0.05, 0) is 26.7 Å². The average molecular weight is 296 g/mol. The molecule has 2 atom stereocenters. The summed E-state index contributed by atoms with van der Waals surface area (Å²) in [5, 5.41) is 0. The highest BCUT2D eigenvalue weighted by atomic mass is 127. The van der Waals surface area contributed by atoms with Gasteiger partial charge in [0.2, 0.25) is 0 Å². The summed E-state index contributed by atoms with van der Waals surface area (Å²) >= 11 is 2.41. The first kappa shape index (κ1) is 11.5. The molecule has 0 aromatic rings. The van der Waals surface area contributed by atoms with Crippen molar-refractivity contribution in [1.82, 2.24) is 0 Å². The first-order valence-electron chi connectivity index (χ1n) is 4.71. The van der Waals surface area contributed by atoms with E-state index in [1.807, 2.05) is 0 Å². The summed E-state index contributed by atoms with van der Waals surface area (Å²) in [6.07, 6.45) is 4.46. The third kappa shape index (κ3) is 4.42. The minimum absolute atomic E-state index is 0.00458. The van der Waals surface area contributed by atoms with Gasteiger partial charge in [0.05, 0.1) is 10.5 Å². The van der Waals surface area contributed by atoms with Crippen molar-refractivity contribution in [3.63, 3.8) is 0 Å². The van der Waals surface area contributed by atoms with E-state index in [0.29, 0.717) is 10.5 Å². The van der Waals surface area contributed by atoms with Crippen LogP contribution in [-0.4, -0.2) is 23.4 Å². The molecule has 0 aromatic carbocycles. The van der Waals surface area contributed by atoms with E-state index in [-0.39, 0.29) is 6.29 Å². The molecule has 0 amide bonds. The van der Waals surface area contributed by atoms with E-state index >= 15 is 0 Å². The number of rotatable bonds is 3. The van der Waals surface area contributed by atoms with Crippen LogP contribution in [0.25, 0.3) is 0 Å². The Bertz CT molecular complexity index is 176. The number of alkyl halides is 1. The standard InChI is InChI=1S/C10H17IO2/c1-8(2)5-7-13-10-9(11)4-3-6-12-10/h5,9-10H,3-4,6-7H2,1-2H3/t9-,10+/m0/s1. The second-order valence-electron chi connectivity index (χ2n) is 3.51. The van der Waals surface area contributed by atoms with Gasteiger partial charge in [0.15, 0.2) is 6.29 Å². The molecule has 76 valence electrons. The Hall–Kier alpha value is 0.390. The van der Waals surface area contributed by atoms with Crippen LogP contribution in [0, 0.1) is 0 Å². The molecule has 1 rings (SSSR count). The quantitative estimate of drug-likeness (QED) is 0.453. The van der Waals surface area contributed by atoms with Crippen molar-refractivity contribution < 1.29 is 9.47 Å². The maximum Gasteiger partial charge on any atom is 0.169 e. The molecule has 0 spiro atoms. The molecule has 13 heavy (non-hydrogen) atoms. The first-order chi connectivity index (χ1) is 6.20. The van der Waals surface area contributed by atoms with Gasteiger partial charge < -0.3 is 9.47 Å². The van der Waals surface area contributed by atoms with E-state index in [1.54, 1.807) is 0 Å². The summed E-state index contributed by atoms with van der Waals surface area (Å²) in [6, 6.07) is 0. The fourth-order valence-electron chi connectivity index (χ4n) is 1.18. The Morgan fingerprint density at radius 2 is 2.38 bits per heavy atom. The molecule has 1 aliphatic heterocycles. The third-order valence-corrected chi connectivity index (χ3v) is 3.16. The van der Waals surface area contributed by atoms with Gasteiger partial charge in [0, 0.05) is 6.61 Å². The Balaban J connectivity index is 2.23. The lowest BCUT2D eigenvalue weighted by atomic mass is 10.2. The summed E-state index contributed by atoms with van der Waals surface area (Å²) in [4.78, 5) is 0. The van der Waals surface area contributed by atoms with Gasteiger partial charge in [-0.3, -0.25) is 0 Å². The Morgan fingerprint density at radius 1 is 1.62 bits per heavy atom. The van der Waals surface area contributed by atoms with Crippen molar-refractivity contribution in [2.45, 2.75) is 36.9 Å². The molecule has 1 aliphatic rings. The maximum atomic E-state index is 5.60. The molecular formula is C10H17IO2. The minimum atomic E-state index is 0.00458. The van der Waals surface area contributed by atoms with Gasteiger partial charge in [0.25, 0.3) is 0 Å². The predicted octanol–water partition coefficient (Wildman–Crippen LogP) is 2.91. The molecule has 3 heteroatoms. The topological polar surface area (TPSA) is 18.5 Å². The van der Waals surface area contributed by atoms with E-state index in [1.165, 1.54) is 12.0 Å². The molecule has 1 fully saturated rings. The van der Waals surface area contributed by atoms with Gasteiger partial charge in [-0.2, -0.15) is 0 Å². The van der Waals surface area contributed by atoms with Gasteiger partial charge in [0.1, 0.15) is 0 Å². The fourth-order valence-corrected chi connectivity index (χ4v) is 2.04. The van der Waals surface area contributed by atoms with Crippen LogP contribution < -0.4 is 0 Å². The number of hydrogen-bond donors (Lipinski definition) is 0. The highest BCUT2D eigenvalue weighted by molar-refractivity contribution is 14.1. The van der Waals surface area contributed by atoms with E-state index in [0.717, 1.165) is 13.0 Å². The summed E-state index contributed by atoms with van der Waals surface area (Å²) in [6.45, 7) is 5.67. The SMILES string of the molecule is CC(C)=CCO[C@H]1OCCC[C@@H]1I. The second kappa shape index (κ2) is 5.98. The molecule has 0 unspecified atom stereocenters.